The van der Waals surface area contributed by atoms with Gasteiger partial charge in [-0.25, -0.2) is 0 Å². The number of aryl methyl sites for hydroxylation is 1. The normalized spacial score (nSPS) is 21.2. The predicted octanol–water partition coefficient (Wildman–Crippen LogP) is 1.27. The van der Waals surface area contributed by atoms with Crippen molar-refractivity contribution in [1.29, 1.82) is 0 Å². The summed E-state index contributed by atoms with van der Waals surface area (Å²) in [5.41, 5.74) is 1.33. The molecule has 1 aliphatic rings. The summed E-state index contributed by atoms with van der Waals surface area (Å²) in [6.07, 6.45) is 6.78. The maximum Gasteiger partial charge on any atom is 0.0534 e. The molecule has 0 saturated carbocycles. The Kier molecular flexibility index (Phi) is 5.95. The fourth-order valence-electron chi connectivity index (χ4n) is 2.56. The quantitative estimate of drug-likeness (QED) is 0.883. The van der Waals surface area contributed by atoms with E-state index in [2.05, 4.69) is 21.5 Å². The van der Waals surface area contributed by atoms with Gasteiger partial charge in [0.25, 0.3) is 0 Å². The van der Waals surface area contributed by atoms with Crippen LogP contribution in [-0.2, 0) is 13.6 Å². The van der Waals surface area contributed by atoms with E-state index in [1.165, 1.54) is 31.5 Å². The first kappa shape index (κ1) is 14.5. The van der Waals surface area contributed by atoms with Crippen LogP contribution < -0.4 is 5.32 Å². The second-order valence-electron chi connectivity index (χ2n) is 4.82. The van der Waals surface area contributed by atoms with Gasteiger partial charge in [0.1, 0.15) is 0 Å². The van der Waals surface area contributed by atoms with Crippen molar-refractivity contribution in [3.8, 4) is 0 Å². The number of likely N-dealkylation sites (tertiary alicyclic amines) is 1. The van der Waals surface area contributed by atoms with Gasteiger partial charge in [-0.1, -0.05) is 0 Å². The highest BCUT2D eigenvalue weighted by Gasteiger charge is 2.19. The van der Waals surface area contributed by atoms with Gasteiger partial charge in [0, 0.05) is 31.9 Å². The van der Waals surface area contributed by atoms with Gasteiger partial charge in [0.05, 0.1) is 6.20 Å². The summed E-state index contributed by atoms with van der Waals surface area (Å²) in [5, 5.41) is 7.50. The van der Waals surface area contributed by atoms with Crippen molar-refractivity contribution in [1.82, 2.24) is 20.0 Å². The Morgan fingerprint density at radius 2 is 2.35 bits per heavy atom. The molecule has 0 aliphatic carbocycles. The molecule has 1 fully saturated rings. The van der Waals surface area contributed by atoms with E-state index in [0.29, 0.717) is 0 Å². The topological polar surface area (TPSA) is 33.1 Å². The molecule has 2 rings (SSSR count). The number of rotatable bonds is 4. The van der Waals surface area contributed by atoms with E-state index >= 15 is 0 Å². The zero-order chi connectivity index (χ0) is 11.4. The maximum atomic E-state index is 4.22. The molecule has 1 aliphatic heterocycles. The van der Waals surface area contributed by atoms with Crippen molar-refractivity contribution < 1.29 is 0 Å². The molecule has 2 heterocycles. The largest absolute Gasteiger partial charge is 0.319 e. The van der Waals surface area contributed by atoms with Crippen molar-refractivity contribution in [2.24, 2.45) is 13.0 Å². The van der Waals surface area contributed by atoms with Crippen molar-refractivity contribution in [3.05, 3.63) is 18.0 Å². The highest BCUT2D eigenvalue weighted by Crippen LogP contribution is 2.17. The molecule has 1 unspecified atom stereocenters. The van der Waals surface area contributed by atoms with Crippen LogP contribution in [0.2, 0.25) is 0 Å². The second-order valence-corrected chi connectivity index (χ2v) is 4.82. The van der Waals surface area contributed by atoms with Crippen LogP contribution in [0, 0.1) is 5.92 Å². The minimum Gasteiger partial charge on any atom is -0.319 e. The van der Waals surface area contributed by atoms with Gasteiger partial charge in [-0.05, 0) is 38.9 Å². The molecular weight excluding hydrogens is 236 g/mol. The highest BCUT2D eigenvalue weighted by atomic mass is 35.5. The molecule has 0 spiro atoms. The first-order chi connectivity index (χ1) is 7.78. The highest BCUT2D eigenvalue weighted by molar-refractivity contribution is 5.85. The van der Waals surface area contributed by atoms with E-state index in [-0.39, 0.29) is 12.4 Å². The lowest BCUT2D eigenvalue weighted by molar-refractivity contribution is 0.167. The van der Waals surface area contributed by atoms with Gasteiger partial charge in [-0.15, -0.1) is 12.4 Å². The van der Waals surface area contributed by atoms with E-state index < -0.39 is 0 Å². The lowest BCUT2D eigenvalue weighted by atomic mass is 9.98. The number of halogens is 1. The molecule has 0 amide bonds. The van der Waals surface area contributed by atoms with Crippen molar-refractivity contribution in [2.45, 2.75) is 19.4 Å². The van der Waals surface area contributed by atoms with Crippen LogP contribution in [0.1, 0.15) is 18.4 Å². The Labute approximate surface area is 110 Å². The Bertz CT molecular complexity index is 324. The molecule has 1 N–H and O–H groups in total. The summed E-state index contributed by atoms with van der Waals surface area (Å²) in [7, 11) is 4.02. The molecule has 1 atom stereocenters. The SMILES string of the molecule is CNCC1CCCN(Cc2cnn(C)c2)C1.Cl. The molecule has 5 heteroatoms. The number of aromatic nitrogens is 2. The van der Waals surface area contributed by atoms with Gasteiger partial charge < -0.3 is 5.32 Å². The van der Waals surface area contributed by atoms with Crippen LogP contribution in [0.3, 0.4) is 0 Å². The summed E-state index contributed by atoms with van der Waals surface area (Å²) >= 11 is 0. The first-order valence-corrected chi connectivity index (χ1v) is 6.12. The van der Waals surface area contributed by atoms with Crippen LogP contribution in [-0.4, -0.2) is 41.4 Å². The van der Waals surface area contributed by atoms with Gasteiger partial charge in [0.15, 0.2) is 0 Å². The van der Waals surface area contributed by atoms with Crippen molar-refractivity contribution in [2.75, 3.05) is 26.7 Å². The van der Waals surface area contributed by atoms with Crippen LogP contribution >= 0.6 is 12.4 Å². The summed E-state index contributed by atoms with van der Waals surface area (Å²) in [4.78, 5) is 2.54. The standard InChI is InChI=1S/C12H22N4.ClH/c1-13-6-11-4-3-5-16(9-11)10-12-7-14-15(2)8-12;/h7-8,11,13H,3-6,9-10H2,1-2H3;1H. The van der Waals surface area contributed by atoms with Gasteiger partial charge >= 0.3 is 0 Å². The summed E-state index contributed by atoms with van der Waals surface area (Å²) in [6.45, 7) is 4.64. The third-order valence-corrected chi connectivity index (χ3v) is 3.26. The summed E-state index contributed by atoms with van der Waals surface area (Å²) < 4.78 is 1.88. The first-order valence-electron chi connectivity index (χ1n) is 6.12. The zero-order valence-corrected chi connectivity index (χ0v) is 11.5. The smallest absolute Gasteiger partial charge is 0.0534 e. The van der Waals surface area contributed by atoms with Crippen LogP contribution in [0.5, 0.6) is 0 Å². The minimum atomic E-state index is 0. The number of piperidine rings is 1. The Morgan fingerprint density at radius 3 is 3.00 bits per heavy atom. The van der Waals surface area contributed by atoms with Gasteiger partial charge in [0.2, 0.25) is 0 Å². The fourth-order valence-corrected chi connectivity index (χ4v) is 2.56. The molecule has 1 aromatic rings. The van der Waals surface area contributed by atoms with Gasteiger partial charge in [-0.3, -0.25) is 9.58 Å². The van der Waals surface area contributed by atoms with Crippen LogP contribution in [0.15, 0.2) is 12.4 Å². The molecule has 17 heavy (non-hydrogen) atoms. The summed E-state index contributed by atoms with van der Waals surface area (Å²) in [5.74, 6) is 0.815. The van der Waals surface area contributed by atoms with E-state index in [1.54, 1.807) is 0 Å². The Morgan fingerprint density at radius 1 is 1.53 bits per heavy atom. The van der Waals surface area contributed by atoms with E-state index in [9.17, 15) is 0 Å². The monoisotopic (exact) mass is 258 g/mol. The van der Waals surface area contributed by atoms with E-state index in [0.717, 1.165) is 19.0 Å². The van der Waals surface area contributed by atoms with Crippen LogP contribution in [0.4, 0.5) is 0 Å². The average molecular weight is 259 g/mol. The Balaban J connectivity index is 0.00000144. The van der Waals surface area contributed by atoms with Crippen LogP contribution in [0.25, 0.3) is 0 Å². The second kappa shape index (κ2) is 6.99. The molecular formula is C12H23ClN4. The zero-order valence-electron chi connectivity index (χ0n) is 10.7. The third kappa shape index (κ3) is 4.30. The lowest BCUT2D eigenvalue weighted by Gasteiger charge is -2.32. The molecule has 0 bridgehead atoms. The maximum absolute atomic E-state index is 4.22. The average Bonchev–Trinajstić information content (AvgIpc) is 2.65. The van der Waals surface area contributed by atoms with E-state index in [4.69, 9.17) is 0 Å². The molecule has 4 nitrogen and oxygen atoms in total. The van der Waals surface area contributed by atoms with Crippen molar-refractivity contribution in [3.63, 3.8) is 0 Å². The Hall–Kier alpha value is -0.580. The third-order valence-electron chi connectivity index (χ3n) is 3.26. The number of nitrogens with one attached hydrogen (secondary N) is 1. The molecule has 0 radical (unpaired) electrons. The number of hydrogen-bond donors (Lipinski definition) is 1. The molecule has 98 valence electrons. The summed E-state index contributed by atoms with van der Waals surface area (Å²) in [6, 6.07) is 0. The fraction of sp³-hybridized carbons (Fsp3) is 0.750. The van der Waals surface area contributed by atoms with E-state index in [1.807, 2.05) is 25.0 Å². The number of hydrogen-bond acceptors (Lipinski definition) is 3. The lowest BCUT2D eigenvalue weighted by Crippen LogP contribution is -2.38. The predicted molar refractivity (Wildman–Crippen MR) is 72.4 cm³/mol. The molecule has 1 aromatic heterocycles. The number of nitrogens with zero attached hydrogens (tertiary/aromatic N) is 3. The van der Waals surface area contributed by atoms with Crippen molar-refractivity contribution >= 4 is 12.4 Å². The minimum absolute atomic E-state index is 0. The molecule has 0 aromatic carbocycles. The van der Waals surface area contributed by atoms with Gasteiger partial charge in [-0.2, -0.15) is 5.10 Å². The molecule has 1 saturated heterocycles.